The molecule has 0 unspecified atom stereocenters. The molecule has 0 spiro atoms. The minimum Gasteiger partial charge on any atom is -0.287 e. The fourth-order valence-corrected chi connectivity index (χ4v) is 4.12. The first-order valence-electron chi connectivity index (χ1n) is 9.70. The second-order valence-electron chi connectivity index (χ2n) is 7.44. The Bertz CT molecular complexity index is 1200. The summed E-state index contributed by atoms with van der Waals surface area (Å²) in [6, 6.07) is 11.9. The lowest BCUT2D eigenvalue weighted by molar-refractivity contribution is 0.723. The standard InChI is InChI=1S/C22H21N5O/c1-14-22(24-11-10-23-14)19-12-20-25-18(13-21(28)27(20)26-19)17-8-6-16(7-9-17)15-4-2-3-5-15/h6-13,15,26H,2-5H2,1H3. The minimum absolute atomic E-state index is 0.146. The molecular formula is C22H21N5O. The van der Waals surface area contributed by atoms with Gasteiger partial charge in [-0.25, -0.2) is 9.50 Å². The van der Waals surface area contributed by atoms with E-state index in [1.54, 1.807) is 18.5 Å². The molecule has 0 amide bonds. The number of rotatable bonds is 3. The van der Waals surface area contributed by atoms with Crippen LogP contribution in [0.3, 0.4) is 0 Å². The molecule has 3 heterocycles. The predicted octanol–water partition coefficient (Wildman–Crippen LogP) is 4.11. The highest BCUT2D eigenvalue weighted by molar-refractivity contribution is 5.66. The molecule has 1 aliphatic carbocycles. The van der Waals surface area contributed by atoms with E-state index in [1.165, 1.54) is 35.8 Å². The van der Waals surface area contributed by atoms with Crippen LogP contribution in [0.2, 0.25) is 0 Å². The number of fused-ring (bicyclic) bond motifs is 1. The van der Waals surface area contributed by atoms with Crippen LogP contribution in [0.25, 0.3) is 28.3 Å². The van der Waals surface area contributed by atoms with Crippen molar-refractivity contribution < 1.29 is 0 Å². The Morgan fingerprint density at radius 1 is 1.04 bits per heavy atom. The SMILES string of the molecule is Cc1nccnc1-c1cc2nc(-c3ccc(C4CCCC4)cc3)cc(=O)n2[nH]1. The highest BCUT2D eigenvalue weighted by atomic mass is 16.1. The van der Waals surface area contributed by atoms with Crippen LogP contribution >= 0.6 is 0 Å². The van der Waals surface area contributed by atoms with E-state index < -0.39 is 0 Å². The van der Waals surface area contributed by atoms with Crippen molar-refractivity contribution in [2.75, 3.05) is 0 Å². The third-order valence-electron chi connectivity index (χ3n) is 5.62. The van der Waals surface area contributed by atoms with E-state index in [-0.39, 0.29) is 5.56 Å². The maximum absolute atomic E-state index is 12.6. The smallest absolute Gasteiger partial charge is 0.273 e. The molecule has 1 N–H and O–H groups in total. The van der Waals surface area contributed by atoms with Crippen molar-refractivity contribution in [1.29, 1.82) is 0 Å². The van der Waals surface area contributed by atoms with E-state index in [0.29, 0.717) is 17.3 Å². The molecule has 5 rings (SSSR count). The van der Waals surface area contributed by atoms with Crippen LogP contribution in [-0.4, -0.2) is 24.6 Å². The van der Waals surface area contributed by atoms with Gasteiger partial charge in [-0.15, -0.1) is 0 Å². The summed E-state index contributed by atoms with van der Waals surface area (Å²) in [4.78, 5) is 26.0. The van der Waals surface area contributed by atoms with Crippen LogP contribution in [0.15, 0.2) is 53.6 Å². The van der Waals surface area contributed by atoms with Crippen molar-refractivity contribution >= 4 is 5.65 Å². The minimum atomic E-state index is -0.146. The van der Waals surface area contributed by atoms with Crippen LogP contribution in [0.4, 0.5) is 0 Å². The van der Waals surface area contributed by atoms with Crippen LogP contribution in [0.1, 0.15) is 42.9 Å². The number of aromatic amines is 1. The Kier molecular flexibility index (Phi) is 4.04. The quantitative estimate of drug-likeness (QED) is 0.588. The summed E-state index contributed by atoms with van der Waals surface area (Å²) in [5, 5.41) is 3.09. The number of aryl methyl sites for hydroxylation is 1. The third kappa shape index (κ3) is 2.91. The molecule has 0 aliphatic heterocycles. The fraction of sp³-hybridized carbons (Fsp3) is 0.273. The number of benzene rings is 1. The van der Waals surface area contributed by atoms with Gasteiger partial charge in [-0.2, -0.15) is 0 Å². The van der Waals surface area contributed by atoms with Crippen LogP contribution in [-0.2, 0) is 0 Å². The van der Waals surface area contributed by atoms with Gasteiger partial charge in [0.05, 0.1) is 17.1 Å². The lowest BCUT2D eigenvalue weighted by Crippen LogP contribution is -2.14. The summed E-state index contributed by atoms with van der Waals surface area (Å²) in [5.74, 6) is 0.678. The van der Waals surface area contributed by atoms with Gasteiger partial charge in [0.2, 0.25) is 0 Å². The first-order valence-corrected chi connectivity index (χ1v) is 9.70. The predicted molar refractivity (Wildman–Crippen MR) is 108 cm³/mol. The maximum Gasteiger partial charge on any atom is 0.273 e. The number of hydrogen-bond acceptors (Lipinski definition) is 4. The summed E-state index contributed by atoms with van der Waals surface area (Å²) in [5.41, 5.74) is 5.70. The van der Waals surface area contributed by atoms with Crippen molar-refractivity contribution in [3.63, 3.8) is 0 Å². The monoisotopic (exact) mass is 371 g/mol. The molecular weight excluding hydrogens is 350 g/mol. The third-order valence-corrected chi connectivity index (χ3v) is 5.62. The van der Waals surface area contributed by atoms with E-state index in [1.807, 2.05) is 13.0 Å². The second kappa shape index (κ2) is 6.71. The molecule has 0 atom stereocenters. The summed E-state index contributed by atoms with van der Waals surface area (Å²) < 4.78 is 1.44. The first-order chi connectivity index (χ1) is 13.7. The molecule has 0 bridgehead atoms. The van der Waals surface area contributed by atoms with Gasteiger partial charge in [0, 0.05) is 30.1 Å². The van der Waals surface area contributed by atoms with Crippen molar-refractivity contribution in [2.24, 2.45) is 0 Å². The zero-order chi connectivity index (χ0) is 19.1. The van der Waals surface area contributed by atoms with Crippen molar-refractivity contribution in [2.45, 2.75) is 38.5 Å². The van der Waals surface area contributed by atoms with Crippen molar-refractivity contribution in [3.05, 3.63) is 70.4 Å². The van der Waals surface area contributed by atoms with Gasteiger partial charge in [-0.1, -0.05) is 37.1 Å². The second-order valence-corrected chi connectivity index (χ2v) is 7.44. The van der Waals surface area contributed by atoms with E-state index >= 15 is 0 Å². The van der Waals surface area contributed by atoms with E-state index in [0.717, 1.165) is 22.6 Å². The largest absolute Gasteiger partial charge is 0.287 e. The van der Waals surface area contributed by atoms with E-state index in [2.05, 4.69) is 39.3 Å². The lowest BCUT2D eigenvalue weighted by atomic mass is 9.96. The Morgan fingerprint density at radius 2 is 1.79 bits per heavy atom. The number of H-pyrrole nitrogens is 1. The van der Waals surface area contributed by atoms with Gasteiger partial charge in [0.15, 0.2) is 5.65 Å². The van der Waals surface area contributed by atoms with E-state index in [4.69, 9.17) is 4.98 Å². The van der Waals surface area contributed by atoms with Gasteiger partial charge in [0.25, 0.3) is 5.56 Å². The highest BCUT2D eigenvalue weighted by Crippen LogP contribution is 2.34. The normalized spacial score (nSPS) is 14.8. The van der Waals surface area contributed by atoms with Crippen molar-refractivity contribution in [3.8, 4) is 22.6 Å². The Balaban J connectivity index is 1.54. The van der Waals surface area contributed by atoms with Crippen LogP contribution in [0.5, 0.6) is 0 Å². The fourth-order valence-electron chi connectivity index (χ4n) is 4.12. The average Bonchev–Trinajstić information content (AvgIpc) is 3.39. The average molecular weight is 371 g/mol. The highest BCUT2D eigenvalue weighted by Gasteiger charge is 2.17. The van der Waals surface area contributed by atoms with Gasteiger partial charge < -0.3 is 0 Å². The molecule has 140 valence electrons. The molecule has 4 aromatic rings. The van der Waals surface area contributed by atoms with E-state index in [9.17, 15) is 4.79 Å². The zero-order valence-electron chi connectivity index (χ0n) is 15.7. The molecule has 28 heavy (non-hydrogen) atoms. The Labute approximate surface area is 162 Å². The molecule has 0 radical (unpaired) electrons. The van der Waals surface area contributed by atoms with Gasteiger partial charge in [0.1, 0.15) is 5.69 Å². The summed E-state index contributed by atoms with van der Waals surface area (Å²) in [7, 11) is 0. The number of aromatic nitrogens is 5. The summed E-state index contributed by atoms with van der Waals surface area (Å²) in [6.45, 7) is 1.89. The van der Waals surface area contributed by atoms with Crippen LogP contribution in [0, 0.1) is 6.92 Å². The Morgan fingerprint density at radius 3 is 2.54 bits per heavy atom. The molecule has 1 saturated carbocycles. The Hall–Kier alpha value is -3.28. The topological polar surface area (TPSA) is 75.9 Å². The number of nitrogens with one attached hydrogen (secondary N) is 1. The summed E-state index contributed by atoms with van der Waals surface area (Å²) in [6.07, 6.45) is 8.49. The van der Waals surface area contributed by atoms with Crippen molar-refractivity contribution in [1.82, 2.24) is 24.6 Å². The van der Waals surface area contributed by atoms with Gasteiger partial charge in [-0.3, -0.25) is 19.9 Å². The van der Waals surface area contributed by atoms with Crippen LogP contribution < -0.4 is 5.56 Å². The van der Waals surface area contributed by atoms with Gasteiger partial charge >= 0.3 is 0 Å². The molecule has 6 nitrogen and oxygen atoms in total. The molecule has 0 saturated heterocycles. The zero-order valence-corrected chi connectivity index (χ0v) is 15.7. The lowest BCUT2D eigenvalue weighted by Gasteiger charge is -2.10. The number of nitrogens with zero attached hydrogens (tertiary/aromatic N) is 4. The first kappa shape index (κ1) is 16.9. The summed E-state index contributed by atoms with van der Waals surface area (Å²) >= 11 is 0. The molecule has 1 aliphatic rings. The maximum atomic E-state index is 12.6. The van der Waals surface area contributed by atoms with Gasteiger partial charge in [-0.05, 0) is 31.2 Å². The molecule has 3 aromatic heterocycles. The molecule has 1 aromatic carbocycles. The molecule has 1 fully saturated rings. The number of hydrogen-bond donors (Lipinski definition) is 1. The molecule has 6 heteroatoms.